The van der Waals surface area contributed by atoms with E-state index in [2.05, 4.69) is 37.2 Å². The average Bonchev–Trinajstić information content (AvgIpc) is 3.13. The number of piperidine rings is 1. The van der Waals surface area contributed by atoms with Crippen LogP contribution >= 0.6 is 11.3 Å². The molecular formula is C22H27N3O2S. The van der Waals surface area contributed by atoms with Gasteiger partial charge in [0.25, 0.3) is 5.56 Å². The highest BCUT2D eigenvalue weighted by Gasteiger charge is 2.25. The summed E-state index contributed by atoms with van der Waals surface area (Å²) >= 11 is 1.55. The summed E-state index contributed by atoms with van der Waals surface area (Å²) < 4.78 is 7.57. The molecule has 6 heteroatoms. The monoisotopic (exact) mass is 397 g/mol. The third-order valence-corrected chi connectivity index (χ3v) is 6.60. The van der Waals surface area contributed by atoms with Gasteiger partial charge >= 0.3 is 0 Å². The van der Waals surface area contributed by atoms with Crippen molar-refractivity contribution in [2.75, 3.05) is 27.2 Å². The van der Waals surface area contributed by atoms with Gasteiger partial charge in [-0.15, -0.1) is 11.3 Å². The van der Waals surface area contributed by atoms with E-state index in [9.17, 15) is 4.79 Å². The molecule has 1 fully saturated rings. The smallest absolute Gasteiger partial charge is 0.263 e. The normalized spacial score (nSPS) is 16.0. The number of thiophene rings is 1. The number of benzene rings is 1. The first-order valence-electron chi connectivity index (χ1n) is 9.89. The second kappa shape index (κ2) is 7.68. The van der Waals surface area contributed by atoms with Gasteiger partial charge in [-0.1, -0.05) is 18.6 Å². The Hall–Kier alpha value is -2.18. The van der Waals surface area contributed by atoms with Crippen LogP contribution in [0.1, 0.15) is 37.2 Å². The van der Waals surface area contributed by atoms with Crippen LogP contribution in [-0.2, 0) is 6.42 Å². The molecule has 148 valence electrons. The molecule has 3 heterocycles. The first kappa shape index (κ1) is 19.2. The molecule has 28 heavy (non-hydrogen) atoms. The minimum Gasteiger partial charge on any atom is -0.496 e. The van der Waals surface area contributed by atoms with Gasteiger partial charge in [-0.3, -0.25) is 9.36 Å². The van der Waals surface area contributed by atoms with Crippen molar-refractivity contribution in [3.63, 3.8) is 0 Å². The van der Waals surface area contributed by atoms with Crippen LogP contribution in [-0.4, -0.2) is 41.7 Å². The van der Waals surface area contributed by atoms with Crippen LogP contribution in [0.25, 0.3) is 21.3 Å². The minimum absolute atomic E-state index is 0.0937. The van der Waals surface area contributed by atoms with Gasteiger partial charge < -0.3 is 9.64 Å². The summed E-state index contributed by atoms with van der Waals surface area (Å²) in [6.07, 6.45) is 2.74. The summed E-state index contributed by atoms with van der Waals surface area (Å²) in [5.74, 6) is 1.69. The summed E-state index contributed by atoms with van der Waals surface area (Å²) in [7, 11) is 3.81. The maximum Gasteiger partial charge on any atom is 0.263 e. The topological polar surface area (TPSA) is 47.4 Å². The largest absolute Gasteiger partial charge is 0.496 e. The van der Waals surface area contributed by atoms with Crippen LogP contribution in [0.15, 0.2) is 28.4 Å². The highest BCUT2D eigenvalue weighted by molar-refractivity contribution is 7.17. The van der Waals surface area contributed by atoms with Crippen LogP contribution in [0.2, 0.25) is 0 Å². The number of fused-ring (bicyclic) bond motifs is 1. The molecular weight excluding hydrogens is 370 g/mol. The van der Waals surface area contributed by atoms with Crippen molar-refractivity contribution in [2.24, 2.45) is 0 Å². The number of nitrogens with zero attached hydrogens (tertiary/aromatic N) is 3. The fraction of sp³-hybridized carbons (Fsp3) is 0.455. The van der Waals surface area contributed by atoms with Crippen molar-refractivity contribution < 1.29 is 4.74 Å². The second-order valence-electron chi connectivity index (χ2n) is 7.62. The van der Waals surface area contributed by atoms with E-state index in [-0.39, 0.29) is 11.6 Å². The fourth-order valence-electron chi connectivity index (χ4n) is 4.16. The van der Waals surface area contributed by atoms with Gasteiger partial charge in [-0.2, -0.15) is 0 Å². The Morgan fingerprint density at radius 1 is 1.25 bits per heavy atom. The van der Waals surface area contributed by atoms with E-state index in [1.54, 1.807) is 18.4 Å². The van der Waals surface area contributed by atoms with Gasteiger partial charge in [-0.05, 0) is 52.0 Å². The van der Waals surface area contributed by atoms with Crippen LogP contribution in [0.5, 0.6) is 5.75 Å². The highest BCUT2D eigenvalue weighted by atomic mass is 32.1. The molecule has 1 aliphatic heterocycles. The number of hydrogen-bond donors (Lipinski definition) is 0. The van der Waals surface area contributed by atoms with Crippen LogP contribution in [0, 0.1) is 6.92 Å². The molecule has 0 amide bonds. The molecule has 1 saturated heterocycles. The van der Waals surface area contributed by atoms with E-state index in [4.69, 9.17) is 9.72 Å². The minimum atomic E-state index is 0.0937. The van der Waals surface area contributed by atoms with Gasteiger partial charge in [0.2, 0.25) is 0 Å². The first-order valence-corrected chi connectivity index (χ1v) is 10.8. The van der Waals surface area contributed by atoms with Gasteiger partial charge in [0.1, 0.15) is 16.4 Å². The lowest BCUT2D eigenvalue weighted by molar-refractivity contribution is 0.216. The van der Waals surface area contributed by atoms with Gasteiger partial charge in [0.15, 0.2) is 0 Å². The zero-order valence-corrected chi connectivity index (χ0v) is 17.8. The number of likely N-dealkylation sites (tertiary alicyclic amines) is 1. The Morgan fingerprint density at radius 3 is 2.68 bits per heavy atom. The zero-order valence-electron chi connectivity index (χ0n) is 17.0. The van der Waals surface area contributed by atoms with Crippen LogP contribution < -0.4 is 10.3 Å². The lowest BCUT2D eigenvalue weighted by atomic mass is 10.0. The average molecular weight is 398 g/mol. The van der Waals surface area contributed by atoms with Gasteiger partial charge in [0, 0.05) is 29.0 Å². The fourth-order valence-corrected chi connectivity index (χ4v) is 5.10. The van der Waals surface area contributed by atoms with E-state index in [0.29, 0.717) is 0 Å². The standard InChI is InChI=1S/C22H27N3O2S/c1-5-19-23-21-20(22(26)25(19)15-8-10-24(3)11-9-15)17(13-28-21)16-12-14(2)6-7-18(16)27-4/h6-7,12-13,15H,5,8-11H2,1-4H3. The number of ether oxygens (including phenoxy) is 1. The molecule has 0 atom stereocenters. The molecule has 1 aliphatic rings. The Kier molecular flexibility index (Phi) is 5.25. The molecule has 2 aromatic heterocycles. The SMILES string of the molecule is CCc1nc2scc(-c3cc(C)ccc3OC)c2c(=O)n1C1CCN(C)CC1. The quantitative estimate of drug-likeness (QED) is 0.660. The third kappa shape index (κ3) is 3.25. The second-order valence-corrected chi connectivity index (χ2v) is 8.48. The van der Waals surface area contributed by atoms with E-state index < -0.39 is 0 Å². The maximum absolute atomic E-state index is 13.7. The van der Waals surface area contributed by atoms with E-state index >= 15 is 0 Å². The van der Waals surface area contributed by atoms with Crippen molar-refractivity contribution in [3.8, 4) is 16.9 Å². The molecule has 0 saturated carbocycles. The first-order chi connectivity index (χ1) is 13.5. The van der Waals surface area contributed by atoms with Crippen molar-refractivity contribution in [1.29, 1.82) is 0 Å². The van der Waals surface area contributed by atoms with Crippen LogP contribution in [0.4, 0.5) is 0 Å². The number of aryl methyl sites for hydroxylation is 2. The van der Waals surface area contributed by atoms with E-state index in [0.717, 1.165) is 70.8 Å². The Balaban J connectivity index is 1.93. The Morgan fingerprint density at radius 2 is 2.00 bits per heavy atom. The molecule has 0 spiro atoms. The summed E-state index contributed by atoms with van der Waals surface area (Å²) in [6, 6.07) is 6.31. The molecule has 1 aromatic carbocycles. The van der Waals surface area contributed by atoms with Crippen molar-refractivity contribution in [1.82, 2.24) is 14.5 Å². The third-order valence-electron chi connectivity index (χ3n) is 5.73. The van der Waals surface area contributed by atoms with Gasteiger partial charge in [-0.25, -0.2) is 4.98 Å². The number of aromatic nitrogens is 2. The Bertz CT molecular complexity index is 1060. The van der Waals surface area contributed by atoms with Crippen LogP contribution in [0.3, 0.4) is 0 Å². The lowest BCUT2D eigenvalue weighted by Crippen LogP contribution is -2.37. The summed E-state index contributed by atoms with van der Waals surface area (Å²) in [4.78, 5) is 21.8. The van der Waals surface area contributed by atoms with Crippen molar-refractivity contribution in [3.05, 3.63) is 45.3 Å². The molecule has 3 aromatic rings. The molecule has 0 radical (unpaired) electrons. The zero-order chi connectivity index (χ0) is 19.8. The summed E-state index contributed by atoms with van der Waals surface area (Å²) in [6.45, 7) is 6.17. The molecule has 5 nitrogen and oxygen atoms in total. The molecule has 0 N–H and O–H groups in total. The number of hydrogen-bond acceptors (Lipinski definition) is 5. The van der Waals surface area contributed by atoms with Crippen molar-refractivity contribution in [2.45, 2.75) is 39.2 Å². The summed E-state index contributed by atoms with van der Waals surface area (Å²) in [5.41, 5.74) is 3.13. The maximum atomic E-state index is 13.7. The van der Waals surface area contributed by atoms with Crippen molar-refractivity contribution >= 4 is 21.6 Å². The van der Waals surface area contributed by atoms with E-state index in [1.165, 1.54) is 0 Å². The Labute approximate surface area is 169 Å². The number of rotatable bonds is 4. The predicted molar refractivity (Wildman–Crippen MR) is 116 cm³/mol. The molecule has 0 bridgehead atoms. The predicted octanol–water partition coefficient (Wildman–Crippen LogP) is 4.27. The molecule has 0 aliphatic carbocycles. The molecule has 0 unspecified atom stereocenters. The lowest BCUT2D eigenvalue weighted by Gasteiger charge is -2.31. The summed E-state index contributed by atoms with van der Waals surface area (Å²) in [5, 5.41) is 2.78. The number of methoxy groups -OCH3 is 1. The van der Waals surface area contributed by atoms with Gasteiger partial charge in [0.05, 0.1) is 12.5 Å². The highest BCUT2D eigenvalue weighted by Crippen LogP contribution is 2.37. The molecule has 4 rings (SSSR count). The van der Waals surface area contributed by atoms with E-state index in [1.807, 2.05) is 16.7 Å².